The Morgan fingerprint density at radius 3 is 2.42 bits per heavy atom. The molecule has 0 radical (unpaired) electrons. The average molecular weight is 546 g/mol. The van der Waals surface area contributed by atoms with Crippen molar-refractivity contribution in [3.05, 3.63) is 30.1 Å². The first-order valence-electron chi connectivity index (χ1n) is 11.0. The maximum absolute atomic E-state index is 14.0. The molecule has 0 aliphatic carbocycles. The summed E-state index contributed by atoms with van der Waals surface area (Å²) in [5.41, 5.74) is 6.08. The maximum atomic E-state index is 14.0. The molecule has 9 heteroatoms. The van der Waals surface area contributed by atoms with Gasteiger partial charge in [-0.2, -0.15) is 0 Å². The first-order valence-corrected chi connectivity index (χ1v) is 11.0. The third kappa shape index (κ3) is 7.48. The van der Waals surface area contributed by atoms with Crippen LogP contribution in [0.1, 0.15) is 25.7 Å². The summed E-state index contributed by atoms with van der Waals surface area (Å²) in [7, 11) is 1.81. The van der Waals surface area contributed by atoms with Gasteiger partial charge < -0.3 is 25.8 Å². The number of carbonyl (C=O) groups is 1. The molecule has 1 aromatic carbocycles. The molecule has 3 rings (SSSR count). The summed E-state index contributed by atoms with van der Waals surface area (Å²) in [5, 5.41) is 3.47. The lowest BCUT2D eigenvalue weighted by atomic mass is 9.96. The number of primary amides is 1. The lowest BCUT2D eigenvalue weighted by Crippen LogP contribution is -2.52. The molecule has 2 saturated heterocycles. The lowest BCUT2D eigenvalue weighted by Gasteiger charge is -2.37. The van der Waals surface area contributed by atoms with E-state index < -0.39 is 0 Å². The van der Waals surface area contributed by atoms with Gasteiger partial charge in [0.15, 0.2) is 5.96 Å². The van der Waals surface area contributed by atoms with Gasteiger partial charge in [-0.05, 0) is 57.5 Å². The largest absolute Gasteiger partial charge is 0.369 e. The number of carbonyl (C=O) groups excluding carboxylic acids is 1. The zero-order chi connectivity index (χ0) is 21.3. The quantitative estimate of drug-likeness (QED) is 0.237. The third-order valence-corrected chi connectivity index (χ3v) is 6.16. The number of hydrogen-bond acceptors (Lipinski definition) is 4. The summed E-state index contributed by atoms with van der Waals surface area (Å²) in [5.74, 6) is 0.669. The Morgan fingerprint density at radius 1 is 1.13 bits per heavy atom. The second-order valence-corrected chi connectivity index (χ2v) is 8.12. The number of rotatable bonds is 7. The Hall–Kier alpha value is -1.62. The zero-order valence-corrected chi connectivity index (χ0v) is 20.8. The molecule has 2 heterocycles. The van der Waals surface area contributed by atoms with Crippen molar-refractivity contribution in [3.63, 3.8) is 0 Å². The van der Waals surface area contributed by atoms with Crippen LogP contribution in [0.3, 0.4) is 0 Å². The van der Waals surface area contributed by atoms with Gasteiger partial charge >= 0.3 is 0 Å². The Bertz CT molecular complexity index is 718. The van der Waals surface area contributed by atoms with Crippen LogP contribution < -0.4 is 16.0 Å². The number of nitrogens with zero attached hydrogens (tertiary/aromatic N) is 4. The number of amides is 1. The highest BCUT2D eigenvalue weighted by atomic mass is 127. The van der Waals surface area contributed by atoms with Crippen LogP contribution in [0.25, 0.3) is 0 Å². The molecular formula is C22H36FIN6O. The number of likely N-dealkylation sites (tertiary alicyclic amines) is 1. The summed E-state index contributed by atoms with van der Waals surface area (Å²) < 4.78 is 14.0. The van der Waals surface area contributed by atoms with E-state index in [0.29, 0.717) is 5.69 Å². The van der Waals surface area contributed by atoms with E-state index in [1.165, 1.54) is 6.07 Å². The van der Waals surface area contributed by atoms with Crippen LogP contribution in [0.2, 0.25) is 0 Å². The molecule has 2 aliphatic heterocycles. The topological polar surface area (TPSA) is 77.2 Å². The summed E-state index contributed by atoms with van der Waals surface area (Å²) in [6.07, 6.45) is 3.97. The molecule has 1 amide bonds. The van der Waals surface area contributed by atoms with E-state index in [1.807, 2.05) is 19.2 Å². The van der Waals surface area contributed by atoms with Crippen LogP contribution in [-0.4, -0.2) is 81.1 Å². The first kappa shape index (κ1) is 25.6. The molecule has 0 spiro atoms. The fourth-order valence-electron chi connectivity index (χ4n) is 4.30. The van der Waals surface area contributed by atoms with Gasteiger partial charge in [0.05, 0.1) is 5.69 Å². The first-order chi connectivity index (χ1) is 14.6. The Morgan fingerprint density at radius 2 is 1.81 bits per heavy atom. The van der Waals surface area contributed by atoms with Gasteiger partial charge in [0.25, 0.3) is 0 Å². The smallest absolute Gasteiger partial charge is 0.220 e. The van der Waals surface area contributed by atoms with E-state index in [0.717, 1.165) is 84.0 Å². The van der Waals surface area contributed by atoms with Crippen molar-refractivity contribution in [2.45, 2.75) is 25.7 Å². The predicted molar refractivity (Wildman–Crippen MR) is 135 cm³/mol. The van der Waals surface area contributed by atoms with Crippen LogP contribution in [0.4, 0.5) is 10.1 Å². The van der Waals surface area contributed by atoms with Crippen molar-refractivity contribution in [3.8, 4) is 0 Å². The Kier molecular flexibility index (Phi) is 10.8. The highest BCUT2D eigenvalue weighted by molar-refractivity contribution is 14.0. The van der Waals surface area contributed by atoms with Gasteiger partial charge in [0.2, 0.25) is 5.91 Å². The molecule has 0 aromatic heterocycles. The number of guanidine groups is 1. The van der Waals surface area contributed by atoms with Crippen molar-refractivity contribution in [1.82, 2.24) is 15.1 Å². The SMILES string of the molecule is CN=C(NCCCCN1CCC(C(N)=O)CC1)N1CCN(c2ccccc2F)CC1.I. The van der Waals surface area contributed by atoms with E-state index in [4.69, 9.17) is 5.73 Å². The Balaban J connectivity index is 0.00000341. The van der Waals surface area contributed by atoms with Crippen molar-refractivity contribution in [2.24, 2.45) is 16.6 Å². The lowest BCUT2D eigenvalue weighted by molar-refractivity contribution is -0.123. The standard InChI is InChI=1S/C22H35FN6O.HI/c1-25-22(26-10-4-5-11-27-12-8-18(9-13-27)21(24)30)29-16-14-28(15-17-29)20-7-3-2-6-19(20)23;/h2-3,6-7,18H,4-5,8-17H2,1H3,(H2,24,30)(H,25,26);1H. The van der Waals surface area contributed by atoms with Crippen LogP contribution in [0.5, 0.6) is 0 Å². The second kappa shape index (κ2) is 13.0. The summed E-state index contributed by atoms with van der Waals surface area (Å²) in [4.78, 5) is 22.4. The molecule has 2 aliphatic rings. The predicted octanol–water partition coefficient (Wildman–Crippen LogP) is 2.12. The molecule has 2 fully saturated rings. The number of piperazine rings is 1. The number of aliphatic imine (C=N–C) groups is 1. The number of hydrogen-bond donors (Lipinski definition) is 2. The number of nitrogens with one attached hydrogen (secondary N) is 1. The fraction of sp³-hybridized carbons (Fsp3) is 0.636. The van der Waals surface area contributed by atoms with Crippen molar-refractivity contribution >= 4 is 41.5 Å². The van der Waals surface area contributed by atoms with Gasteiger partial charge in [-0.15, -0.1) is 24.0 Å². The van der Waals surface area contributed by atoms with Gasteiger partial charge in [-0.1, -0.05) is 12.1 Å². The summed E-state index contributed by atoms with van der Waals surface area (Å²) in [6.45, 7) is 7.09. The number of halogens is 2. The number of piperidine rings is 1. The zero-order valence-electron chi connectivity index (χ0n) is 18.4. The summed E-state index contributed by atoms with van der Waals surface area (Å²) >= 11 is 0. The van der Waals surface area contributed by atoms with E-state index in [2.05, 4.69) is 25.0 Å². The number of unbranched alkanes of at least 4 members (excludes halogenated alkanes) is 1. The molecule has 1 aromatic rings. The van der Waals surface area contributed by atoms with Crippen LogP contribution in [0, 0.1) is 11.7 Å². The number of anilines is 1. The molecule has 0 unspecified atom stereocenters. The van der Waals surface area contributed by atoms with E-state index >= 15 is 0 Å². The fourth-order valence-corrected chi connectivity index (χ4v) is 4.30. The number of nitrogens with two attached hydrogens (primary N) is 1. The number of para-hydroxylation sites is 1. The molecule has 174 valence electrons. The highest BCUT2D eigenvalue weighted by Gasteiger charge is 2.23. The minimum Gasteiger partial charge on any atom is -0.369 e. The third-order valence-electron chi connectivity index (χ3n) is 6.16. The second-order valence-electron chi connectivity index (χ2n) is 8.12. The molecule has 7 nitrogen and oxygen atoms in total. The van der Waals surface area contributed by atoms with Crippen LogP contribution in [0.15, 0.2) is 29.3 Å². The normalized spacial score (nSPS) is 18.6. The van der Waals surface area contributed by atoms with Crippen molar-refractivity contribution < 1.29 is 9.18 Å². The molecule has 0 bridgehead atoms. The highest BCUT2D eigenvalue weighted by Crippen LogP contribution is 2.20. The molecular weight excluding hydrogens is 510 g/mol. The average Bonchev–Trinajstić information content (AvgIpc) is 2.77. The van der Waals surface area contributed by atoms with Crippen molar-refractivity contribution in [2.75, 3.05) is 64.3 Å². The van der Waals surface area contributed by atoms with Gasteiger partial charge in [0, 0.05) is 45.7 Å². The van der Waals surface area contributed by atoms with Crippen LogP contribution >= 0.6 is 24.0 Å². The van der Waals surface area contributed by atoms with E-state index in [1.54, 1.807) is 6.07 Å². The van der Waals surface area contributed by atoms with Gasteiger partial charge in [0.1, 0.15) is 5.82 Å². The molecule has 3 N–H and O–H groups in total. The van der Waals surface area contributed by atoms with E-state index in [9.17, 15) is 9.18 Å². The molecule has 0 saturated carbocycles. The van der Waals surface area contributed by atoms with Crippen LogP contribution in [-0.2, 0) is 4.79 Å². The van der Waals surface area contributed by atoms with Gasteiger partial charge in [-0.25, -0.2) is 4.39 Å². The minimum atomic E-state index is -0.160. The van der Waals surface area contributed by atoms with E-state index in [-0.39, 0.29) is 41.6 Å². The molecule has 31 heavy (non-hydrogen) atoms. The molecule has 0 atom stereocenters. The Labute approximate surface area is 202 Å². The van der Waals surface area contributed by atoms with Crippen molar-refractivity contribution in [1.29, 1.82) is 0 Å². The van der Waals surface area contributed by atoms with Gasteiger partial charge in [-0.3, -0.25) is 9.79 Å². The monoisotopic (exact) mass is 546 g/mol. The number of benzene rings is 1. The summed E-state index contributed by atoms with van der Waals surface area (Å²) in [6, 6.07) is 6.96. The maximum Gasteiger partial charge on any atom is 0.220 e. The minimum absolute atomic E-state index is 0.